The van der Waals surface area contributed by atoms with E-state index in [1.54, 1.807) is 18.2 Å². The molecule has 0 saturated heterocycles. The van der Waals surface area contributed by atoms with E-state index in [9.17, 15) is 9.59 Å². The average Bonchev–Trinajstić information content (AvgIpc) is 2.52. The molecule has 0 aliphatic rings. The Morgan fingerprint density at radius 3 is 2.48 bits per heavy atom. The number of carbonyl (C=O) groups is 2. The number of benzene rings is 2. The summed E-state index contributed by atoms with van der Waals surface area (Å²) >= 11 is 0.999. The first kappa shape index (κ1) is 15.3. The zero-order chi connectivity index (χ0) is 15.2. The number of ketones is 1. The zero-order valence-corrected chi connectivity index (χ0v) is 12.8. The summed E-state index contributed by atoms with van der Waals surface area (Å²) in [6.07, 6.45) is 0. The molecule has 0 fully saturated rings. The van der Waals surface area contributed by atoms with E-state index >= 15 is 0 Å². The predicted octanol–water partition coefficient (Wildman–Crippen LogP) is 3.76. The molecule has 2 rings (SSSR count). The first-order chi connectivity index (χ1) is 10.1. The van der Waals surface area contributed by atoms with Gasteiger partial charge in [0.2, 0.25) is 5.12 Å². The molecule has 0 N–H and O–H groups in total. The number of hydrogen-bond donors (Lipinski definition) is 0. The van der Waals surface area contributed by atoms with E-state index in [1.165, 1.54) is 7.11 Å². The van der Waals surface area contributed by atoms with Crippen molar-refractivity contribution in [1.29, 1.82) is 0 Å². The number of Topliss-reactive ketones (excluding diaryl/α,β-unsaturated/α-hetero) is 1. The minimum Gasteiger partial charge on any atom is -0.496 e. The highest BCUT2D eigenvalue weighted by atomic mass is 32.2. The molecule has 0 heterocycles. The van der Waals surface area contributed by atoms with Crippen LogP contribution in [-0.4, -0.2) is 23.8 Å². The molecule has 0 aliphatic heterocycles. The fourth-order valence-electron chi connectivity index (χ4n) is 1.88. The van der Waals surface area contributed by atoms with E-state index in [0.717, 1.165) is 17.3 Å². The van der Waals surface area contributed by atoms with Crippen LogP contribution in [0.25, 0.3) is 0 Å². The fourth-order valence-corrected chi connectivity index (χ4v) is 2.64. The molecule has 2 aromatic carbocycles. The van der Waals surface area contributed by atoms with Crippen molar-refractivity contribution < 1.29 is 14.3 Å². The molecule has 4 heteroatoms. The van der Waals surface area contributed by atoms with Crippen LogP contribution in [0.3, 0.4) is 0 Å². The Morgan fingerprint density at radius 2 is 1.81 bits per heavy atom. The Hall–Kier alpha value is -2.07. The van der Waals surface area contributed by atoms with E-state index in [0.29, 0.717) is 16.9 Å². The quantitative estimate of drug-likeness (QED) is 0.789. The predicted molar refractivity (Wildman–Crippen MR) is 85.3 cm³/mol. The molecule has 0 amide bonds. The summed E-state index contributed by atoms with van der Waals surface area (Å²) in [5.74, 6) is 0.611. The highest BCUT2D eigenvalue weighted by Gasteiger charge is 2.15. The van der Waals surface area contributed by atoms with Gasteiger partial charge in [0.25, 0.3) is 0 Å². The molecule has 0 bridgehead atoms. The minimum atomic E-state index is -0.156. The lowest BCUT2D eigenvalue weighted by atomic mass is 10.1. The molecule has 2 aromatic rings. The number of thioether (sulfide) groups is 1. The van der Waals surface area contributed by atoms with Crippen molar-refractivity contribution in [2.75, 3.05) is 12.9 Å². The Morgan fingerprint density at radius 1 is 1.10 bits per heavy atom. The third kappa shape index (κ3) is 3.95. The maximum atomic E-state index is 12.2. The van der Waals surface area contributed by atoms with Crippen molar-refractivity contribution in [3.05, 3.63) is 65.2 Å². The molecule has 0 unspecified atom stereocenters. The highest BCUT2D eigenvalue weighted by Crippen LogP contribution is 2.25. The third-order valence-corrected chi connectivity index (χ3v) is 3.90. The van der Waals surface area contributed by atoms with E-state index in [2.05, 4.69) is 0 Å². The summed E-state index contributed by atoms with van der Waals surface area (Å²) in [7, 11) is 1.53. The van der Waals surface area contributed by atoms with Gasteiger partial charge in [0.1, 0.15) is 5.75 Å². The van der Waals surface area contributed by atoms with Crippen LogP contribution in [0.15, 0.2) is 48.5 Å². The Labute approximate surface area is 128 Å². The van der Waals surface area contributed by atoms with E-state index in [4.69, 9.17) is 4.74 Å². The molecular weight excluding hydrogens is 284 g/mol. The molecule has 0 aliphatic carbocycles. The molecule has 0 aromatic heterocycles. The Balaban J connectivity index is 2.04. The fraction of sp³-hybridized carbons (Fsp3) is 0.176. The van der Waals surface area contributed by atoms with Gasteiger partial charge in [-0.15, -0.1) is 0 Å². The monoisotopic (exact) mass is 300 g/mol. The van der Waals surface area contributed by atoms with Gasteiger partial charge in [-0.2, -0.15) is 0 Å². The topological polar surface area (TPSA) is 43.4 Å². The maximum Gasteiger partial charge on any atom is 0.223 e. The number of ether oxygens (including phenoxy) is 1. The minimum absolute atomic E-state index is 0.0555. The second kappa shape index (κ2) is 7.09. The summed E-state index contributed by atoms with van der Waals surface area (Å²) in [6.45, 7) is 1.93. The van der Waals surface area contributed by atoms with E-state index < -0.39 is 0 Å². The number of aryl methyl sites for hydroxylation is 1. The van der Waals surface area contributed by atoms with Crippen LogP contribution in [0.4, 0.5) is 0 Å². The third-order valence-electron chi connectivity index (χ3n) is 3.01. The molecule has 0 saturated carbocycles. The summed E-state index contributed by atoms with van der Waals surface area (Å²) in [5.41, 5.74) is 2.14. The van der Waals surface area contributed by atoms with Crippen LogP contribution in [0, 0.1) is 6.92 Å². The molecular formula is C17H16O3S. The van der Waals surface area contributed by atoms with Crippen molar-refractivity contribution in [2.45, 2.75) is 6.92 Å². The van der Waals surface area contributed by atoms with Crippen molar-refractivity contribution in [3.63, 3.8) is 0 Å². The summed E-state index contributed by atoms with van der Waals surface area (Å²) in [6, 6.07) is 14.4. The van der Waals surface area contributed by atoms with Crippen molar-refractivity contribution in [2.24, 2.45) is 0 Å². The molecule has 0 atom stereocenters. The van der Waals surface area contributed by atoms with Crippen molar-refractivity contribution >= 4 is 22.7 Å². The largest absolute Gasteiger partial charge is 0.496 e. The number of methoxy groups -OCH3 is 1. The lowest BCUT2D eigenvalue weighted by Gasteiger charge is -2.08. The van der Waals surface area contributed by atoms with Crippen LogP contribution >= 0.6 is 11.8 Å². The maximum absolute atomic E-state index is 12.2. The Kier molecular flexibility index (Phi) is 5.17. The normalized spacial score (nSPS) is 10.2. The molecule has 0 radical (unpaired) electrons. The van der Waals surface area contributed by atoms with Gasteiger partial charge in [0, 0.05) is 5.56 Å². The zero-order valence-electron chi connectivity index (χ0n) is 12.0. The van der Waals surface area contributed by atoms with Crippen molar-refractivity contribution in [1.82, 2.24) is 0 Å². The number of rotatable bonds is 5. The molecule has 21 heavy (non-hydrogen) atoms. The molecule has 0 spiro atoms. The van der Waals surface area contributed by atoms with Gasteiger partial charge in [-0.1, -0.05) is 48.2 Å². The van der Waals surface area contributed by atoms with Gasteiger partial charge in [0.15, 0.2) is 5.78 Å². The summed E-state index contributed by atoms with van der Waals surface area (Å²) in [4.78, 5) is 24.2. The standard InChI is InChI=1S/C17H16O3S/c1-12-8-9-14(16(10-12)20-2)17(19)21-11-15(18)13-6-4-3-5-7-13/h3-10H,11H2,1-2H3. The second-order valence-electron chi connectivity index (χ2n) is 4.57. The smallest absolute Gasteiger partial charge is 0.223 e. The van der Waals surface area contributed by atoms with Crippen LogP contribution in [-0.2, 0) is 0 Å². The van der Waals surface area contributed by atoms with E-state index in [-0.39, 0.29) is 16.7 Å². The first-order valence-electron chi connectivity index (χ1n) is 6.52. The van der Waals surface area contributed by atoms with E-state index in [1.807, 2.05) is 37.3 Å². The average molecular weight is 300 g/mol. The van der Waals surface area contributed by atoms with Crippen LogP contribution in [0.2, 0.25) is 0 Å². The van der Waals surface area contributed by atoms with Gasteiger partial charge in [0.05, 0.1) is 18.4 Å². The highest BCUT2D eigenvalue weighted by molar-refractivity contribution is 8.14. The van der Waals surface area contributed by atoms with Crippen molar-refractivity contribution in [3.8, 4) is 5.75 Å². The second-order valence-corrected chi connectivity index (χ2v) is 5.52. The number of hydrogen-bond acceptors (Lipinski definition) is 4. The van der Waals surface area contributed by atoms with Gasteiger partial charge >= 0.3 is 0 Å². The molecule has 108 valence electrons. The number of carbonyl (C=O) groups excluding carboxylic acids is 2. The van der Waals surface area contributed by atoms with Gasteiger partial charge in [-0.25, -0.2) is 0 Å². The summed E-state index contributed by atoms with van der Waals surface area (Å²) in [5, 5.41) is -0.156. The van der Waals surface area contributed by atoms with Crippen LogP contribution in [0.5, 0.6) is 5.75 Å². The van der Waals surface area contributed by atoms with Gasteiger partial charge in [-0.3, -0.25) is 9.59 Å². The van der Waals surface area contributed by atoms with Crippen LogP contribution < -0.4 is 4.74 Å². The van der Waals surface area contributed by atoms with Gasteiger partial charge < -0.3 is 4.74 Å². The summed E-state index contributed by atoms with van der Waals surface area (Å²) < 4.78 is 5.22. The first-order valence-corrected chi connectivity index (χ1v) is 7.50. The lowest BCUT2D eigenvalue weighted by Crippen LogP contribution is -2.06. The lowest BCUT2D eigenvalue weighted by molar-refractivity contribution is 0.101. The molecule has 3 nitrogen and oxygen atoms in total. The van der Waals surface area contributed by atoms with Gasteiger partial charge in [-0.05, 0) is 24.6 Å². The van der Waals surface area contributed by atoms with Crippen LogP contribution in [0.1, 0.15) is 26.3 Å². The SMILES string of the molecule is COc1cc(C)ccc1C(=O)SCC(=O)c1ccccc1. The Bertz CT molecular complexity index is 650.